The molecule has 0 aromatic carbocycles. The van der Waals surface area contributed by atoms with Crippen LogP contribution in [0.1, 0.15) is 27.2 Å². The first-order chi connectivity index (χ1) is 5.70. The largest absolute Gasteiger partial charge is 0.340 e. The topological polar surface area (TPSA) is 21.7 Å². The highest BCUT2D eigenvalue weighted by Gasteiger charge is 2.17. The predicted octanol–water partition coefficient (Wildman–Crippen LogP) is 1.64. The Morgan fingerprint density at radius 1 is 1.17 bits per heavy atom. The normalized spacial score (nSPS) is 23.0. The summed E-state index contributed by atoms with van der Waals surface area (Å²) in [6.45, 7) is 8.58. The fraction of sp³-hybridized carbons (Fsp3) is 1.00. The first-order valence-corrected chi connectivity index (χ1v) is 4.59. The van der Waals surface area contributed by atoms with Gasteiger partial charge in [0.2, 0.25) is 0 Å². The molecule has 1 rings (SSSR count). The van der Waals surface area contributed by atoms with Crippen molar-refractivity contribution in [3.05, 3.63) is 0 Å². The number of nitrogens with zero attached hydrogens (tertiary/aromatic N) is 1. The molecular weight excluding hydrogens is 154 g/mol. The van der Waals surface area contributed by atoms with Crippen molar-refractivity contribution < 1.29 is 9.47 Å². The van der Waals surface area contributed by atoms with Crippen molar-refractivity contribution in [2.75, 3.05) is 20.3 Å². The van der Waals surface area contributed by atoms with Crippen LogP contribution in [-0.2, 0) is 9.47 Å². The zero-order valence-corrected chi connectivity index (χ0v) is 8.25. The van der Waals surface area contributed by atoms with E-state index in [0.29, 0.717) is 26.3 Å². The molecule has 0 N–H and O–H groups in total. The average molecular weight is 173 g/mol. The van der Waals surface area contributed by atoms with E-state index >= 15 is 0 Å². The fourth-order valence-electron chi connectivity index (χ4n) is 1.49. The molecule has 0 spiro atoms. The molecule has 0 saturated carbocycles. The van der Waals surface area contributed by atoms with Crippen LogP contribution in [0.2, 0.25) is 0 Å². The quantitative estimate of drug-likeness (QED) is 0.647. The molecule has 0 radical (unpaired) electrons. The lowest BCUT2D eigenvalue weighted by Gasteiger charge is -2.32. The van der Waals surface area contributed by atoms with E-state index in [0.717, 1.165) is 5.92 Å². The van der Waals surface area contributed by atoms with Gasteiger partial charge in [-0.05, 0) is 19.3 Å². The molecule has 1 heterocycles. The monoisotopic (exact) mass is 173 g/mol. The van der Waals surface area contributed by atoms with Gasteiger partial charge in [-0.3, -0.25) is 4.90 Å². The highest BCUT2D eigenvalue weighted by molar-refractivity contribution is 4.64. The molecule has 0 aromatic rings. The van der Waals surface area contributed by atoms with Crippen LogP contribution in [0.5, 0.6) is 0 Å². The third-order valence-electron chi connectivity index (χ3n) is 2.12. The van der Waals surface area contributed by atoms with Crippen LogP contribution in [-0.4, -0.2) is 31.2 Å². The van der Waals surface area contributed by atoms with Crippen molar-refractivity contribution in [1.82, 2.24) is 4.90 Å². The van der Waals surface area contributed by atoms with Gasteiger partial charge in [-0.1, -0.05) is 13.8 Å². The van der Waals surface area contributed by atoms with Crippen molar-refractivity contribution in [3.8, 4) is 0 Å². The minimum Gasteiger partial charge on any atom is -0.340 e. The average Bonchev–Trinajstić information content (AvgIpc) is 2.05. The molecule has 1 unspecified atom stereocenters. The smallest absolute Gasteiger partial charge is 0.150 e. The van der Waals surface area contributed by atoms with Crippen molar-refractivity contribution in [2.24, 2.45) is 5.92 Å². The molecule has 0 bridgehead atoms. The Hall–Kier alpha value is -0.120. The molecule has 0 aliphatic carbocycles. The molecule has 72 valence electrons. The summed E-state index contributed by atoms with van der Waals surface area (Å²) in [4.78, 5) is 2.21. The van der Waals surface area contributed by atoms with Crippen molar-refractivity contribution in [2.45, 2.75) is 33.2 Å². The zero-order chi connectivity index (χ0) is 8.97. The Morgan fingerprint density at radius 2 is 1.75 bits per heavy atom. The second-order valence-electron chi connectivity index (χ2n) is 3.85. The highest BCUT2D eigenvalue weighted by atomic mass is 16.7. The first-order valence-electron chi connectivity index (χ1n) is 4.59. The Bertz CT molecular complexity index is 122. The summed E-state index contributed by atoms with van der Waals surface area (Å²) in [6, 6.07) is 0.560. The minimum atomic E-state index is 0.449. The molecule has 3 heteroatoms. The van der Waals surface area contributed by atoms with E-state index in [-0.39, 0.29) is 0 Å². The van der Waals surface area contributed by atoms with Crippen LogP contribution in [0.3, 0.4) is 0 Å². The van der Waals surface area contributed by atoms with Crippen LogP contribution >= 0.6 is 0 Å². The zero-order valence-electron chi connectivity index (χ0n) is 8.25. The Kier molecular flexibility index (Phi) is 3.98. The molecule has 1 aliphatic rings. The van der Waals surface area contributed by atoms with Gasteiger partial charge in [0.1, 0.15) is 20.3 Å². The van der Waals surface area contributed by atoms with Gasteiger partial charge in [-0.25, -0.2) is 0 Å². The number of hydrogen-bond acceptors (Lipinski definition) is 3. The lowest BCUT2D eigenvalue weighted by molar-refractivity contribution is -0.194. The predicted molar refractivity (Wildman–Crippen MR) is 47.5 cm³/mol. The molecule has 1 fully saturated rings. The van der Waals surface area contributed by atoms with Gasteiger partial charge in [0.25, 0.3) is 0 Å². The summed E-state index contributed by atoms with van der Waals surface area (Å²) in [6.07, 6.45) is 1.20. The van der Waals surface area contributed by atoms with Gasteiger partial charge < -0.3 is 9.47 Å². The van der Waals surface area contributed by atoms with Crippen LogP contribution in [0.4, 0.5) is 0 Å². The third kappa shape index (κ3) is 3.09. The maximum atomic E-state index is 5.19. The summed E-state index contributed by atoms with van der Waals surface area (Å²) in [5.74, 6) is 0.738. The molecule has 0 aromatic heterocycles. The van der Waals surface area contributed by atoms with E-state index in [1.807, 2.05) is 0 Å². The maximum absolute atomic E-state index is 5.19. The van der Waals surface area contributed by atoms with Gasteiger partial charge >= 0.3 is 0 Å². The standard InChI is InChI=1S/C9H19NO2/c1-8(2)4-9(3)10-5-11-7-12-6-10/h8-9H,4-7H2,1-3H3. The number of hydrogen-bond donors (Lipinski definition) is 0. The summed E-state index contributed by atoms with van der Waals surface area (Å²) in [5.41, 5.74) is 0. The second kappa shape index (κ2) is 4.80. The van der Waals surface area contributed by atoms with Crippen LogP contribution in [0.15, 0.2) is 0 Å². The van der Waals surface area contributed by atoms with Crippen molar-refractivity contribution >= 4 is 0 Å². The molecule has 12 heavy (non-hydrogen) atoms. The Labute approximate surface area is 74.6 Å². The van der Waals surface area contributed by atoms with E-state index in [1.165, 1.54) is 6.42 Å². The molecule has 1 saturated heterocycles. The molecule has 1 atom stereocenters. The fourth-order valence-corrected chi connectivity index (χ4v) is 1.49. The lowest BCUT2D eigenvalue weighted by Crippen LogP contribution is -2.41. The van der Waals surface area contributed by atoms with E-state index in [1.54, 1.807) is 0 Å². The van der Waals surface area contributed by atoms with Crippen LogP contribution in [0.25, 0.3) is 0 Å². The summed E-state index contributed by atoms with van der Waals surface area (Å²) < 4.78 is 10.4. The van der Waals surface area contributed by atoms with Gasteiger partial charge in [0.15, 0.2) is 0 Å². The Balaban J connectivity index is 2.24. The van der Waals surface area contributed by atoms with Crippen molar-refractivity contribution in [3.63, 3.8) is 0 Å². The van der Waals surface area contributed by atoms with E-state index in [9.17, 15) is 0 Å². The van der Waals surface area contributed by atoms with E-state index in [2.05, 4.69) is 25.7 Å². The summed E-state index contributed by atoms with van der Waals surface area (Å²) in [5, 5.41) is 0. The maximum Gasteiger partial charge on any atom is 0.150 e. The van der Waals surface area contributed by atoms with Gasteiger partial charge in [-0.2, -0.15) is 0 Å². The van der Waals surface area contributed by atoms with Crippen LogP contribution < -0.4 is 0 Å². The van der Waals surface area contributed by atoms with E-state index in [4.69, 9.17) is 9.47 Å². The number of rotatable bonds is 3. The molecule has 3 nitrogen and oxygen atoms in total. The van der Waals surface area contributed by atoms with Gasteiger partial charge in [0.05, 0.1) is 0 Å². The van der Waals surface area contributed by atoms with E-state index < -0.39 is 0 Å². The summed E-state index contributed by atoms with van der Waals surface area (Å²) >= 11 is 0. The van der Waals surface area contributed by atoms with Gasteiger partial charge in [-0.15, -0.1) is 0 Å². The molecular formula is C9H19NO2. The van der Waals surface area contributed by atoms with Crippen LogP contribution in [0, 0.1) is 5.92 Å². The molecule has 0 amide bonds. The second-order valence-corrected chi connectivity index (χ2v) is 3.85. The number of ether oxygens (including phenoxy) is 2. The highest BCUT2D eigenvalue weighted by Crippen LogP contribution is 2.12. The van der Waals surface area contributed by atoms with Gasteiger partial charge in [0, 0.05) is 6.04 Å². The lowest BCUT2D eigenvalue weighted by atomic mass is 10.0. The molecule has 1 aliphatic heterocycles. The van der Waals surface area contributed by atoms with Crippen molar-refractivity contribution in [1.29, 1.82) is 0 Å². The Morgan fingerprint density at radius 3 is 2.25 bits per heavy atom. The first kappa shape index (κ1) is 9.96. The third-order valence-corrected chi connectivity index (χ3v) is 2.12. The minimum absolute atomic E-state index is 0.449. The SMILES string of the molecule is CC(C)CC(C)N1COCOC1. The summed E-state index contributed by atoms with van der Waals surface area (Å²) in [7, 11) is 0.